The predicted octanol–water partition coefficient (Wildman–Crippen LogP) is 3.75. The zero-order valence-electron chi connectivity index (χ0n) is 10.8. The second-order valence-corrected chi connectivity index (χ2v) is 6.04. The molecule has 0 N–H and O–H groups in total. The van der Waals surface area contributed by atoms with Crippen LogP contribution in [0.15, 0.2) is 0 Å². The summed E-state index contributed by atoms with van der Waals surface area (Å²) in [7, 11) is 6.25. The summed E-state index contributed by atoms with van der Waals surface area (Å²) in [5.41, 5.74) is 0. The predicted molar refractivity (Wildman–Crippen MR) is 80.0 cm³/mol. The van der Waals surface area contributed by atoms with Gasteiger partial charge in [0.2, 0.25) is 0 Å². The minimum absolute atomic E-state index is 0.135. The Morgan fingerprint density at radius 2 is 2.06 bits per heavy atom. The van der Waals surface area contributed by atoms with Crippen LogP contribution in [0.5, 0.6) is 0 Å². The number of hydrogen-bond acceptors (Lipinski definition) is 3. The first-order chi connectivity index (χ1) is 7.41. The van der Waals surface area contributed by atoms with E-state index in [1.807, 2.05) is 0 Å². The molecular weight excluding hydrogens is 235 g/mol. The standard InChI is InChI=1S/C12H25BOS2/c1-4-11(16)7-10(2)8-12(3,13)5-6-14-9-15/h10-11,15-16H,4-9H2,1-3H3. The zero-order valence-corrected chi connectivity index (χ0v) is 12.6. The highest BCUT2D eigenvalue weighted by Gasteiger charge is 2.21. The molecule has 0 aliphatic rings. The summed E-state index contributed by atoms with van der Waals surface area (Å²) in [6, 6.07) is 0. The Morgan fingerprint density at radius 3 is 2.56 bits per heavy atom. The lowest BCUT2D eigenvalue weighted by Crippen LogP contribution is -2.17. The van der Waals surface area contributed by atoms with E-state index in [0.717, 1.165) is 25.7 Å². The molecule has 0 saturated carbocycles. The van der Waals surface area contributed by atoms with Gasteiger partial charge in [-0.3, -0.25) is 0 Å². The van der Waals surface area contributed by atoms with Gasteiger partial charge in [-0.05, 0) is 25.2 Å². The molecule has 0 rings (SSSR count). The molecule has 16 heavy (non-hydrogen) atoms. The van der Waals surface area contributed by atoms with Crippen molar-refractivity contribution in [1.82, 2.24) is 0 Å². The Hall–Kier alpha value is 0.725. The molecule has 0 aromatic heterocycles. The van der Waals surface area contributed by atoms with Crippen LogP contribution in [-0.4, -0.2) is 25.6 Å². The normalized spacial score (nSPS) is 19.1. The lowest BCUT2D eigenvalue weighted by Gasteiger charge is -2.29. The first-order valence-electron chi connectivity index (χ1n) is 6.07. The molecule has 0 aliphatic carbocycles. The fraction of sp³-hybridized carbons (Fsp3) is 1.00. The summed E-state index contributed by atoms with van der Waals surface area (Å²) in [4.78, 5) is 0. The van der Waals surface area contributed by atoms with Crippen molar-refractivity contribution in [2.45, 2.75) is 57.0 Å². The van der Waals surface area contributed by atoms with E-state index in [9.17, 15) is 0 Å². The van der Waals surface area contributed by atoms with Crippen molar-refractivity contribution in [2.75, 3.05) is 12.5 Å². The maximum atomic E-state index is 6.25. The molecule has 0 aliphatic heterocycles. The molecule has 0 amide bonds. The molecule has 0 aromatic rings. The average molecular weight is 260 g/mol. The third kappa shape index (κ3) is 8.83. The van der Waals surface area contributed by atoms with Gasteiger partial charge in [-0.2, -0.15) is 25.3 Å². The fourth-order valence-corrected chi connectivity index (χ4v) is 2.47. The van der Waals surface area contributed by atoms with Crippen molar-refractivity contribution in [3.05, 3.63) is 0 Å². The van der Waals surface area contributed by atoms with Crippen LogP contribution >= 0.6 is 25.3 Å². The zero-order chi connectivity index (χ0) is 12.6. The van der Waals surface area contributed by atoms with E-state index in [0.29, 0.717) is 23.7 Å². The van der Waals surface area contributed by atoms with Gasteiger partial charge in [-0.1, -0.05) is 32.5 Å². The lowest BCUT2D eigenvalue weighted by atomic mass is 9.63. The van der Waals surface area contributed by atoms with E-state index in [-0.39, 0.29) is 5.31 Å². The van der Waals surface area contributed by atoms with Crippen molar-refractivity contribution in [1.29, 1.82) is 0 Å². The van der Waals surface area contributed by atoms with Gasteiger partial charge in [0.05, 0.1) is 13.8 Å². The first-order valence-corrected chi connectivity index (χ1v) is 7.21. The van der Waals surface area contributed by atoms with Gasteiger partial charge in [0, 0.05) is 11.9 Å². The number of hydrogen-bond donors (Lipinski definition) is 2. The smallest absolute Gasteiger partial charge is 0.0892 e. The number of ether oxygens (including phenoxy) is 1. The van der Waals surface area contributed by atoms with Crippen LogP contribution in [-0.2, 0) is 4.74 Å². The Bertz CT molecular complexity index is 176. The molecule has 0 heterocycles. The minimum atomic E-state index is -0.135. The van der Waals surface area contributed by atoms with Crippen molar-refractivity contribution in [3.8, 4) is 0 Å². The van der Waals surface area contributed by atoms with Crippen molar-refractivity contribution in [2.24, 2.45) is 5.92 Å². The average Bonchev–Trinajstić information content (AvgIpc) is 2.16. The third-order valence-electron chi connectivity index (χ3n) is 2.87. The quantitative estimate of drug-likeness (QED) is 0.278. The molecule has 1 nitrogen and oxygen atoms in total. The highest BCUT2D eigenvalue weighted by Crippen LogP contribution is 2.35. The largest absolute Gasteiger partial charge is 0.371 e. The van der Waals surface area contributed by atoms with Crippen LogP contribution in [0.25, 0.3) is 0 Å². The molecule has 94 valence electrons. The SMILES string of the molecule is [B]C(C)(CCOCS)CC(C)CC(S)CC. The molecule has 0 fully saturated rings. The van der Waals surface area contributed by atoms with Gasteiger partial charge >= 0.3 is 0 Å². The van der Waals surface area contributed by atoms with Crippen molar-refractivity contribution < 1.29 is 4.74 Å². The molecule has 0 aromatic carbocycles. The molecule has 2 radical (unpaired) electrons. The fourth-order valence-electron chi connectivity index (χ4n) is 1.98. The van der Waals surface area contributed by atoms with Crippen LogP contribution < -0.4 is 0 Å². The highest BCUT2D eigenvalue weighted by atomic mass is 32.1. The van der Waals surface area contributed by atoms with Crippen LogP contribution in [0.1, 0.15) is 46.5 Å². The van der Waals surface area contributed by atoms with Crippen molar-refractivity contribution in [3.63, 3.8) is 0 Å². The minimum Gasteiger partial charge on any atom is -0.371 e. The summed E-state index contributed by atoms with van der Waals surface area (Å²) in [5, 5.41) is 0.364. The topological polar surface area (TPSA) is 9.23 Å². The van der Waals surface area contributed by atoms with E-state index >= 15 is 0 Å². The monoisotopic (exact) mass is 260 g/mol. The van der Waals surface area contributed by atoms with Gasteiger partial charge in [0.1, 0.15) is 0 Å². The second kappa shape index (κ2) is 8.76. The maximum Gasteiger partial charge on any atom is 0.0892 e. The number of thiol groups is 2. The second-order valence-electron chi connectivity index (χ2n) is 5.05. The summed E-state index contributed by atoms with van der Waals surface area (Å²) < 4.78 is 5.22. The van der Waals surface area contributed by atoms with Gasteiger partial charge in [0.15, 0.2) is 0 Å². The molecule has 4 heteroatoms. The van der Waals surface area contributed by atoms with E-state index < -0.39 is 0 Å². The van der Waals surface area contributed by atoms with E-state index in [2.05, 4.69) is 46.0 Å². The lowest BCUT2D eigenvalue weighted by molar-refractivity contribution is 0.165. The van der Waals surface area contributed by atoms with Gasteiger partial charge in [-0.25, -0.2) is 0 Å². The van der Waals surface area contributed by atoms with E-state index in [1.54, 1.807) is 0 Å². The summed E-state index contributed by atoms with van der Waals surface area (Å²) in [6.07, 6.45) is 4.18. The molecule has 0 saturated heterocycles. The van der Waals surface area contributed by atoms with E-state index in [4.69, 9.17) is 12.6 Å². The van der Waals surface area contributed by atoms with Crippen LogP contribution in [0, 0.1) is 5.92 Å². The van der Waals surface area contributed by atoms with Crippen LogP contribution in [0.2, 0.25) is 5.31 Å². The summed E-state index contributed by atoms with van der Waals surface area (Å²) in [5.74, 6) is 1.09. The molecular formula is C12H25BOS2. The van der Waals surface area contributed by atoms with Crippen molar-refractivity contribution >= 4 is 33.1 Å². The molecule has 0 spiro atoms. The molecule has 3 unspecified atom stereocenters. The highest BCUT2D eigenvalue weighted by molar-refractivity contribution is 7.81. The van der Waals surface area contributed by atoms with Crippen LogP contribution in [0.3, 0.4) is 0 Å². The maximum absolute atomic E-state index is 6.25. The Morgan fingerprint density at radius 1 is 1.44 bits per heavy atom. The molecule has 3 atom stereocenters. The number of rotatable bonds is 9. The van der Waals surface area contributed by atoms with E-state index in [1.165, 1.54) is 0 Å². The van der Waals surface area contributed by atoms with Gasteiger partial charge < -0.3 is 4.74 Å². The Labute approximate surface area is 113 Å². The summed E-state index contributed by atoms with van der Waals surface area (Å²) >= 11 is 8.53. The Balaban J connectivity index is 3.84. The Kier molecular flexibility index (Phi) is 9.16. The first kappa shape index (κ1) is 16.7. The summed E-state index contributed by atoms with van der Waals surface area (Å²) in [6.45, 7) is 7.22. The van der Waals surface area contributed by atoms with Crippen LogP contribution in [0.4, 0.5) is 0 Å². The molecule has 0 bridgehead atoms. The third-order valence-corrected chi connectivity index (χ3v) is 3.63. The van der Waals surface area contributed by atoms with Gasteiger partial charge in [-0.15, -0.1) is 0 Å². The van der Waals surface area contributed by atoms with Gasteiger partial charge in [0.25, 0.3) is 0 Å².